The Morgan fingerprint density at radius 3 is 2.81 bits per heavy atom. The molecule has 0 aliphatic heterocycles. The van der Waals surface area contributed by atoms with E-state index in [4.69, 9.17) is 16.0 Å². The Balaban J connectivity index is 2.24. The number of unbranched alkanes of at least 4 members (excludes halogenated alkanes) is 2. The van der Waals surface area contributed by atoms with Crippen LogP contribution in [0.2, 0.25) is 0 Å². The van der Waals surface area contributed by atoms with Crippen molar-refractivity contribution in [3.8, 4) is 0 Å². The van der Waals surface area contributed by atoms with Gasteiger partial charge in [0.05, 0.1) is 0 Å². The van der Waals surface area contributed by atoms with Gasteiger partial charge in [-0.05, 0) is 30.2 Å². The highest BCUT2D eigenvalue weighted by Crippen LogP contribution is 2.17. The largest absolute Gasteiger partial charge is 0.422 e. The Morgan fingerprint density at radius 1 is 1.29 bits per heavy atom. The second kappa shape index (κ2) is 7.27. The number of halogens is 1. The van der Waals surface area contributed by atoms with Crippen molar-refractivity contribution in [3.63, 3.8) is 0 Å². The molecule has 0 atom stereocenters. The number of hydrogen-bond acceptors (Lipinski definition) is 3. The fourth-order valence-corrected chi connectivity index (χ4v) is 2.25. The zero-order chi connectivity index (χ0) is 15.2. The maximum Gasteiger partial charge on any atom is 0.349 e. The van der Waals surface area contributed by atoms with E-state index in [1.807, 2.05) is 6.07 Å². The first-order valence-corrected chi connectivity index (χ1v) is 7.60. The van der Waals surface area contributed by atoms with Crippen LogP contribution in [-0.4, -0.2) is 12.5 Å². The number of carbonyl (C=O) groups excluding carboxylic acids is 1. The van der Waals surface area contributed by atoms with Gasteiger partial charge in [0.15, 0.2) is 0 Å². The summed E-state index contributed by atoms with van der Waals surface area (Å²) >= 11 is 5.79. The molecule has 4 nitrogen and oxygen atoms in total. The molecule has 0 fully saturated rings. The highest BCUT2D eigenvalue weighted by Gasteiger charge is 2.13. The van der Waals surface area contributed by atoms with Crippen molar-refractivity contribution >= 4 is 28.5 Å². The summed E-state index contributed by atoms with van der Waals surface area (Å²) < 4.78 is 5.18. The van der Waals surface area contributed by atoms with Gasteiger partial charge in [-0.2, -0.15) is 0 Å². The summed E-state index contributed by atoms with van der Waals surface area (Å²) in [4.78, 5) is 23.9. The predicted octanol–water partition coefficient (Wildman–Crippen LogP) is 3.45. The Labute approximate surface area is 128 Å². The summed E-state index contributed by atoms with van der Waals surface area (Å²) in [6.45, 7) is 2.65. The van der Waals surface area contributed by atoms with E-state index in [0.717, 1.165) is 24.8 Å². The molecule has 0 aliphatic rings. The van der Waals surface area contributed by atoms with Gasteiger partial charge in [0.1, 0.15) is 11.1 Å². The summed E-state index contributed by atoms with van der Waals surface area (Å²) in [6.07, 6.45) is 3.03. The van der Waals surface area contributed by atoms with Gasteiger partial charge in [0, 0.05) is 17.8 Å². The van der Waals surface area contributed by atoms with Crippen molar-refractivity contribution in [2.75, 3.05) is 6.54 Å². The summed E-state index contributed by atoms with van der Waals surface area (Å²) in [5.41, 5.74) is 0.781. The van der Waals surface area contributed by atoms with E-state index in [2.05, 4.69) is 12.2 Å². The van der Waals surface area contributed by atoms with Gasteiger partial charge in [-0.15, -0.1) is 11.6 Å². The van der Waals surface area contributed by atoms with Crippen LogP contribution in [-0.2, 0) is 5.88 Å². The van der Waals surface area contributed by atoms with Crippen molar-refractivity contribution in [1.82, 2.24) is 5.32 Å². The molecule has 2 rings (SSSR count). The molecule has 1 amide bonds. The van der Waals surface area contributed by atoms with E-state index in [1.165, 1.54) is 0 Å². The summed E-state index contributed by atoms with van der Waals surface area (Å²) in [5.74, 6) is -0.0220. The van der Waals surface area contributed by atoms with Gasteiger partial charge >= 0.3 is 5.63 Å². The van der Waals surface area contributed by atoms with Gasteiger partial charge in [-0.25, -0.2) is 4.79 Å². The zero-order valence-corrected chi connectivity index (χ0v) is 12.7. The van der Waals surface area contributed by atoms with E-state index in [0.29, 0.717) is 23.4 Å². The number of fused-ring (bicyclic) bond motifs is 1. The Hall–Kier alpha value is -1.81. The lowest BCUT2D eigenvalue weighted by Crippen LogP contribution is -2.29. The molecule has 0 saturated carbocycles. The van der Waals surface area contributed by atoms with Crippen LogP contribution in [0.25, 0.3) is 11.0 Å². The molecule has 0 spiro atoms. The van der Waals surface area contributed by atoms with Crippen LogP contribution < -0.4 is 10.9 Å². The van der Waals surface area contributed by atoms with Gasteiger partial charge in [-0.1, -0.05) is 25.8 Å². The number of amides is 1. The Bertz CT molecular complexity index is 693. The van der Waals surface area contributed by atoms with E-state index in [1.54, 1.807) is 18.2 Å². The molecule has 0 unspecified atom stereocenters. The molecule has 1 heterocycles. The molecular weight excluding hydrogens is 290 g/mol. The zero-order valence-electron chi connectivity index (χ0n) is 11.9. The van der Waals surface area contributed by atoms with Crippen molar-refractivity contribution in [1.29, 1.82) is 0 Å². The summed E-state index contributed by atoms with van der Waals surface area (Å²) in [5, 5.41) is 3.44. The average Bonchev–Trinajstić information content (AvgIpc) is 2.50. The van der Waals surface area contributed by atoms with Crippen LogP contribution in [0.4, 0.5) is 0 Å². The fraction of sp³-hybridized carbons (Fsp3) is 0.375. The van der Waals surface area contributed by atoms with Crippen LogP contribution >= 0.6 is 11.6 Å². The van der Waals surface area contributed by atoms with Crippen molar-refractivity contribution in [2.24, 2.45) is 0 Å². The lowest BCUT2D eigenvalue weighted by atomic mass is 10.1. The molecular formula is C16H18ClNO3. The van der Waals surface area contributed by atoms with Crippen LogP contribution in [0, 0.1) is 0 Å². The second-order valence-corrected chi connectivity index (χ2v) is 5.18. The van der Waals surface area contributed by atoms with Crippen molar-refractivity contribution < 1.29 is 9.21 Å². The van der Waals surface area contributed by atoms with Crippen LogP contribution in [0.3, 0.4) is 0 Å². The topological polar surface area (TPSA) is 59.3 Å². The van der Waals surface area contributed by atoms with Crippen molar-refractivity contribution in [3.05, 3.63) is 45.8 Å². The first-order chi connectivity index (χ1) is 10.2. The minimum Gasteiger partial charge on any atom is -0.422 e. The molecule has 0 radical (unpaired) electrons. The third-order valence-corrected chi connectivity index (χ3v) is 3.57. The van der Waals surface area contributed by atoms with Crippen LogP contribution in [0.1, 0.15) is 42.1 Å². The summed E-state index contributed by atoms with van der Waals surface area (Å²) in [6, 6.07) is 6.87. The average molecular weight is 308 g/mol. The third-order valence-electron chi connectivity index (χ3n) is 3.26. The molecule has 21 heavy (non-hydrogen) atoms. The number of alkyl halides is 1. The molecule has 1 aromatic carbocycles. The van der Waals surface area contributed by atoms with Gasteiger partial charge < -0.3 is 9.73 Å². The maximum absolute atomic E-state index is 12.0. The number of hydrogen-bond donors (Lipinski definition) is 1. The minimum absolute atomic E-state index is 0.0331. The third kappa shape index (κ3) is 3.85. The second-order valence-electron chi connectivity index (χ2n) is 4.92. The normalized spacial score (nSPS) is 10.8. The lowest BCUT2D eigenvalue weighted by Gasteiger charge is -2.05. The highest BCUT2D eigenvalue weighted by molar-refractivity contribution is 6.17. The maximum atomic E-state index is 12.0. The van der Waals surface area contributed by atoms with Gasteiger partial charge in [0.2, 0.25) is 0 Å². The Morgan fingerprint density at radius 2 is 2.10 bits per heavy atom. The highest BCUT2D eigenvalue weighted by atomic mass is 35.5. The molecule has 112 valence electrons. The smallest absolute Gasteiger partial charge is 0.349 e. The molecule has 0 bridgehead atoms. The van der Waals surface area contributed by atoms with Gasteiger partial charge in [-0.3, -0.25) is 4.79 Å². The number of benzene rings is 1. The predicted molar refractivity (Wildman–Crippen MR) is 83.9 cm³/mol. The molecule has 5 heteroatoms. The molecule has 0 saturated heterocycles. The minimum atomic E-state index is -0.617. The first kappa shape index (κ1) is 15.6. The lowest BCUT2D eigenvalue weighted by molar-refractivity contribution is 0.0949. The van der Waals surface area contributed by atoms with Crippen molar-refractivity contribution in [2.45, 2.75) is 32.1 Å². The van der Waals surface area contributed by atoms with Crippen LogP contribution in [0.5, 0.6) is 0 Å². The molecule has 0 aliphatic carbocycles. The molecule has 2 aromatic rings. The summed E-state index contributed by atoms with van der Waals surface area (Å²) in [7, 11) is 0. The van der Waals surface area contributed by atoms with E-state index < -0.39 is 11.5 Å². The molecule has 1 aromatic heterocycles. The Kier molecular flexibility index (Phi) is 5.39. The first-order valence-electron chi connectivity index (χ1n) is 7.06. The van der Waals surface area contributed by atoms with Crippen LogP contribution in [0.15, 0.2) is 33.5 Å². The quantitative estimate of drug-likeness (QED) is 0.505. The number of nitrogens with one attached hydrogen (secondary N) is 1. The van der Waals surface area contributed by atoms with E-state index in [9.17, 15) is 9.59 Å². The monoisotopic (exact) mass is 307 g/mol. The van der Waals surface area contributed by atoms with E-state index >= 15 is 0 Å². The number of rotatable bonds is 6. The van der Waals surface area contributed by atoms with Gasteiger partial charge in [0.25, 0.3) is 5.91 Å². The fourth-order valence-electron chi connectivity index (χ4n) is 2.09. The SMILES string of the molecule is CCCCCNC(=O)c1cc2cc(CCl)ccc2oc1=O. The standard InChI is InChI=1S/C16H18ClNO3/c1-2-3-4-7-18-15(19)13-9-12-8-11(10-17)5-6-14(12)21-16(13)20/h5-6,8-9H,2-4,7,10H2,1H3,(H,18,19). The molecule has 1 N–H and O–H groups in total. The van der Waals surface area contributed by atoms with E-state index in [-0.39, 0.29) is 5.56 Å². The number of carbonyl (C=O) groups is 1.